The number of halogens is 2. The zero-order chi connectivity index (χ0) is 24.5. The molecule has 1 unspecified atom stereocenters. The van der Waals surface area contributed by atoms with Crippen LogP contribution >= 0.6 is 11.6 Å². The lowest BCUT2D eigenvalue weighted by atomic mass is 9.96. The zero-order valence-electron chi connectivity index (χ0n) is 19.3. The van der Waals surface area contributed by atoms with Crippen LogP contribution in [-0.4, -0.2) is 31.5 Å². The van der Waals surface area contributed by atoms with Crippen LogP contribution in [0.4, 0.5) is 15.8 Å². The van der Waals surface area contributed by atoms with Crippen LogP contribution in [0.1, 0.15) is 43.8 Å². The molecule has 0 amide bonds. The molecule has 0 radical (unpaired) electrons. The molecule has 174 valence electrons. The molecule has 0 fully saturated rings. The number of nitrogens with one attached hydrogen (secondary N) is 2. The van der Waals surface area contributed by atoms with Gasteiger partial charge in [-0.25, -0.2) is 9.67 Å². The largest absolute Gasteiger partial charge is 0.383 e. The highest BCUT2D eigenvalue weighted by Crippen LogP contribution is 2.35. The number of benzene rings is 1. The number of hydrogen-bond donors (Lipinski definition) is 2. The molecule has 4 aromatic rings. The second-order valence-corrected chi connectivity index (χ2v) is 9.57. The lowest BCUT2D eigenvalue weighted by Gasteiger charge is -2.23. The second kappa shape index (κ2) is 9.23. The number of rotatable bonds is 6. The Bertz CT molecular complexity index is 1370. The van der Waals surface area contributed by atoms with Crippen LogP contribution in [0, 0.1) is 29.6 Å². The smallest absolute Gasteiger partial charge is 0.213 e. The summed E-state index contributed by atoms with van der Waals surface area (Å²) in [5.74, 6) is -0.558. The zero-order valence-corrected chi connectivity index (χ0v) is 20.0. The highest BCUT2D eigenvalue weighted by atomic mass is 35.5. The van der Waals surface area contributed by atoms with Gasteiger partial charge in [-0.15, -0.1) is 5.10 Å². The summed E-state index contributed by atoms with van der Waals surface area (Å²) >= 11 is 6.62. The van der Waals surface area contributed by atoms with Crippen LogP contribution in [0.15, 0.2) is 42.9 Å². The van der Waals surface area contributed by atoms with E-state index in [0.29, 0.717) is 45.1 Å². The van der Waals surface area contributed by atoms with Gasteiger partial charge in [0, 0.05) is 41.3 Å². The second-order valence-electron chi connectivity index (χ2n) is 9.17. The minimum atomic E-state index is -0.558. The van der Waals surface area contributed by atoms with Crippen molar-refractivity contribution >= 4 is 33.9 Å². The third-order valence-corrected chi connectivity index (χ3v) is 5.53. The summed E-state index contributed by atoms with van der Waals surface area (Å²) in [6, 6.07) is 8.81. The van der Waals surface area contributed by atoms with Crippen LogP contribution in [0.2, 0.25) is 5.02 Å². The van der Waals surface area contributed by atoms with Crippen LogP contribution < -0.4 is 10.6 Å². The Hall–Kier alpha value is -3.77. The van der Waals surface area contributed by atoms with Gasteiger partial charge in [0.1, 0.15) is 12.2 Å². The Morgan fingerprint density at radius 1 is 1.26 bits per heavy atom. The van der Waals surface area contributed by atoms with Gasteiger partial charge < -0.3 is 10.6 Å². The molecule has 0 bridgehead atoms. The minimum absolute atomic E-state index is 0.00667. The maximum absolute atomic E-state index is 13.7. The summed E-state index contributed by atoms with van der Waals surface area (Å²) in [5.41, 5.74) is 3.57. The molecule has 0 saturated heterocycles. The Morgan fingerprint density at radius 2 is 2.06 bits per heavy atom. The third-order valence-electron chi connectivity index (χ3n) is 5.24. The molecule has 0 aliphatic rings. The van der Waals surface area contributed by atoms with E-state index in [1.165, 1.54) is 12.3 Å². The first-order chi connectivity index (χ1) is 16.2. The average molecular weight is 479 g/mol. The molecule has 8 nitrogen and oxygen atoms in total. The van der Waals surface area contributed by atoms with E-state index in [1.807, 2.05) is 6.07 Å². The fourth-order valence-corrected chi connectivity index (χ4v) is 3.87. The highest BCUT2D eigenvalue weighted by molar-refractivity contribution is 6.35. The molecule has 10 heteroatoms. The molecule has 3 heterocycles. The molecule has 4 rings (SSSR count). The van der Waals surface area contributed by atoms with Gasteiger partial charge >= 0.3 is 0 Å². The van der Waals surface area contributed by atoms with Gasteiger partial charge in [-0.3, -0.25) is 4.98 Å². The summed E-state index contributed by atoms with van der Waals surface area (Å²) in [7, 11) is 0. The topological polar surface area (TPSA) is 104 Å². The molecule has 1 atom stereocenters. The molecule has 2 N–H and O–H groups in total. The fraction of sp³-hybridized carbons (Fsp3) is 0.292. The third kappa shape index (κ3) is 4.92. The van der Waals surface area contributed by atoms with Gasteiger partial charge in [-0.2, -0.15) is 9.65 Å². The van der Waals surface area contributed by atoms with E-state index in [4.69, 9.17) is 11.6 Å². The number of nitriles is 1. The fourth-order valence-electron chi connectivity index (χ4n) is 3.60. The minimum Gasteiger partial charge on any atom is -0.383 e. The van der Waals surface area contributed by atoms with Crippen molar-refractivity contribution in [2.24, 2.45) is 5.41 Å². The Labute approximate surface area is 201 Å². The van der Waals surface area contributed by atoms with Crippen LogP contribution in [0.25, 0.3) is 10.9 Å². The number of hydrogen-bond acceptors (Lipinski definition) is 7. The monoisotopic (exact) mass is 478 g/mol. The summed E-state index contributed by atoms with van der Waals surface area (Å²) in [6.45, 7) is 8.71. The Kier molecular flexibility index (Phi) is 6.35. The first-order valence-electron chi connectivity index (χ1n) is 10.7. The van der Waals surface area contributed by atoms with E-state index in [-0.39, 0.29) is 5.41 Å². The van der Waals surface area contributed by atoms with Gasteiger partial charge in [0.25, 0.3) is 0 Å². The van der Waals surface area contributed by atoms with E-state index in [2.05, 4.69) is 57.8 Å². The molecule has 3 aromatic heterocycles. The normalized spacial score (nSPS) is 12.4. The molecule has 0 saturated carbocycles. The van der Waals surface area contributed by atoms with Gasteiger partial charge in [0.05, 0.1) is 28.0 Å². The van der Waals surface area contributed by atoms with E-state index < -0.39 is 12.1 Å². The van der Waals surface area contributed by atoms with Gasteiger partial charge in [0.15, 0.2) is 0 Å². The maximum Gasteiger partial charge on any atom is 0.213 e. The van der Waals surface area contributed by atoms with Crippen molar-refractivity contribution in [1.82, 2.24) is 25.0 Å². The summed E-state index contributed by atoms with van der Waals surface area (Å²) < 4.78 is 15.3. The number of nitrogens with zero attached hydrogens (tertiary/aromatic N) is 6. The predicted octanol–water partition coefficient (Wildman–Crippen LogP) is 5.31. The predicted molar refractivity (Wildman–Crippen MR) is 130 cm³/mol. The summed E-state index contributed by atoms with van der Waals surface area (Å²) in [6.07, 6.45) is 4.26. The molecular formula is C24H24ClFN8. The number of anilines is 2. The SMILES string of the molecule is Cc1nc(F)ccc1C(Nc1cc(Cl)c2ncc(C#N)c(NCC(C)(C)C)c2c1)n1ccnn1. The van der Waals surface area contributed by atoms with Gasteiger partial charge in [0.2, 0.25) is 5.95 Å². The average Bonchev–Trinajstić information content (AvgIpc) is 3.30. The first-order valence-corrected chi connectivity index (χ1v) is 11.1. The van der Waals surface area contributed by atoms with Gasteiger partial charge in [-0.1, -0.05) is 37.6 Å². The van der Waals surface area contributed by atoms with Crippen molar-refractivity contribution in [3.8, 4) is 6.07 Å². The Balaban J connectivity index is 1.82. The molecule has 0 aliphatic heterocycles. The van der Waals surface area contributed by atoms with Crippen molar-refractivity contribution in [2.45, 2.75) is 33.9 Å². The van der Waals surface area contributed by atoms with Crippen LogP contribution in [0.3, 0.4) is 0 Å². The van der Waals surface area contributed by atoms with Crippen molar-refractivity contribution in [2.75, 3.05) is 17.2 Å². The molecular weight excluding hydrogens is 455 g/mol. The standard InChI is InChI=1S/C24H24ClFN8/c1-14-17(5-6-20(26)31-14)23(34-8-7-30-33-34)32-16-9-18-21(29-13-24(2,3)4)15(11-27)12-28-22(18)19(25)10-16/h5-10,12,23,32H,13H2,1-4H3,(H,28,29). The lowest BCUT2D eigenvalue weighted by Crippen LogP contribution is -2.22. The summed E-state index contributed by atoms with van der Waals surface area (Å²) in [4.78, 5) is 8.35. The quantitative estimate of drug-likeness (QED) is 0.362. The number of pyridine rings is 2. The highest BCUT2D eigenvalue weighted by Gasteiger charge is 2.20. The lowest BCUT2D eigenvalue weighted by molar-refractivity contribution is 0.443. The van der Waals surface area contributed by atoms with E-state index in [1.54, 1.807) is 36.1 Å². The van der Waals surface area contributed by atoms with Crippen molar-refractivity contribution in [3.05, 3.63) is 70.6 Å². The van der Waals surface area contributed by atoms with Crippen LogP contribution in [-0.2, 0) is 0 Å². The molecule has 0 aliphatic carbocycles. The number of fused-ring (bicyclic) bond motifs is 1. The van der Waals surface area contributed by atoms with E-state index >= 15 is 0 Å². The maximum atomic E-state index is 13.7. The van der Waals surface area contributed by atoms with Gasteiger partial charge in [-0.05, 0) is 36.6 Å². The molecule has 0 spiro atoms. The summed E-state index contributed by atoms with van der Waals surface area (Å²) in [5, 5.41) is 25.7. The van der Waals surface area contributed by atoms with E-state index in [0.717, 1.165) is 5.56 Å². The number of aromatic nitrogens is 5. The van der Waals surface area contributed by atoms with Crippen LogP contribution in [0.5, 0.6) is 0 Å². The van der Waals surface area contributed by atoms with E-state index in [9.17, 15) is 9.65 Å². The van der Waals surface area contributed by atoms with Crippen molar-refractivity contribution in [3.63, 3.8) is 0 Å². The van der Waals surface area contributed by atoms with Crippen molar-refractivity contribution in [1.29, 1.82) is 5.26 Å². The van der Waals surface area contributed by atoms with Crippen molar-refractivity contribution < 1.29 is 4.39 Å². The Morgan fingerprint density at radius 3 is 2.71 bits per heavy atom. The molecule has 1 aromatic carbocycles. The molecule has 34 heavy (non-hydrogen) atoms. The first kappa shape index (κ1) is 23.4. The number of aryl methyl sites for hydroxylation is 1.